The van der Waals surface area contributed by atoms with Crippen LogP contribution in [0.15, 0.2) is 41.5 Å². The number of anilines is 1. The fourth-order valence-electron chi connectivity index (χ4n) is 4.75. The summed E-state index contributed by atoms with van der Waals surface area (Å²) in [7, 11) is 1.53. The molecule has 6 atom stereocenters. The fourth-order valence-corrected chi connectivity index (χ4v) is 4.75. The largest absolute Gasteiger partial charge is 0.508 e. The number of primary amides is 1. The lowest BCUT2D eigenvalue weighted by atomic mass is 9.87. The Morgan fingerprint density at radius 1 is 1.24 bits per heavy atom. The zero-order valence-electron chi connectivity index (χ0n) is 22.3. The van der Waals surface area contributed by atoms with E-state index in [2.05, 4.69) is 5.32 Å². The van der Waals surface area contributed by atoms with Crippen LogP contribution >= 0.6 is 0 Å². The Morgan fingerprint density at radius 3 is 2.57 bits per heavy atom. The molecule has 1 aliphatic rings. The number of aromatic hydroxyl groups is 1. The number of fused-ring (bicyclic) bond motifs is 2. The van der Waals surface area contributed by atoms with Crippen molar-refractivity contribution in [1.82, 2.24) is 0 Å². The van der Waals surface area contributed by atoms with Crippen molar-refractivity contribution < 1.29 is 34.1 Å². The lowest BCUT2D eigenvalue weighted by molar-refractivity contribution is -0.114. The maximum Gasteiger partial charge on any atom is 0.405 e. The predicted octanol–water partition coefficient (Wildman–Crippen LogP) is 3.88. The van der Waals surface area contributed by atoms with E-state index in [0.29, 0.717) is 48.1 Å². The summed E-state index contributed by atoms with van der Waals surface area (Å²) in [4.78, 5) is 36.3. The van der Waals surface area contributed by atoms with Crippen LogP contribution in [0.25, 0.3) is 0 Å². The van der Waals surface area contributed by atoms with Crippen molar-refractivity contribution in [2.75, 3.05) is 12.4 Å². The van der Waals surface area contributed by atoms with Crippen LogP contribution in [0, 0.1) is 17.8 Å². The van der Waals surface area contributed by atoms with Gasteiger partial charge in [-0.25, -0.2) is 4.79 Å². The third-order valence-corrected chi connectivity index (χ3v) is 6.85. The molecule has 1 aromatic carbocycles. The highest BCUT2D eigenvalue weighted by Crippen LogP contribution is 2.29. The van der Waals surface area contributed by atoms with Crippen LogP contribution in [0.2, 0.25) is 0 Å². The standard InChI is InChI=1S/C28H40N2O7/c1-16-11-21-14-22(9-10-23(21)32)30-27(34)17(2)7-6-8-20(15-31)26(37-28(29)35)19(4)13-18(3)25(33)24(12-16)36-5/h7,9-10,13-16,18,20,24-26,32-33H,6,8,11-12H2,1-5H3,(H2,29,35)(H,30,34)/b17-7+,19-13+/t16-,18+,20-,24+,25-,26+/m1/s1. The number of phenolic OH excluding ortho intramolecular Hbond substituents is 1. The van der Waals surface area contributed by atoms with E-state index in [9.17, 15) is 24.6 Å². The van der Waals surface area contributed by atoms with Gasteiger partial charge in [-0.05, 0) is 74.8 Å². The Bertz CT molecular complexity index is 1020. The first kappa shape index (κ1) is 30.1. The Kier molecular flexibility index (Phi) is 11.3. The third-order valence-electron chi connectivity index (χ3n) is 6.85. The zero-order chi connectivity index (χ0) is 27.7. The van der Waals surface area contributed by atoms with E-state index >= 15 is 0 Å². The summed E-state index contributed by atoms with van der Waals surface area (Å²) >= 11 is 0. The molecule has 0 fully saturated rings. The van der Waals surface area contributed by atoms with Gasteiger partial charge in [0.05, 0.1) is 18.1 Å². The molecule has 0 aliphatic carbocycles. The Hall–Kier alpha value is -3.17. The molecule has 0 aromatic heterocycles. The van der Waals surface area contributed by atoms with Crippen LogP contribution in [-0.2, 0) is 25.5 Å². The van der Waals surface area contributed by atoms with Gasteiger partial charge in [0.15, 0.2) is 0 Å². The number of nitrogens with one attached hydrogen (secondary N) is 1. The monoisotopic (exact) mass is 516 g/mol. The smallest absolute Gasteiger partial charge is 0.405 e. The minimum absolute atomic E-state index is 0.0304. The van der Waals surface area contributed by atoms with Crippen molar-refractivity contribution in [3.8, 4) is 5.75 Å². The van der Waals surface area contributed by atoms with Gasteiger partial charge in [0.2, 0.25) is 0 Å². The van der Waals surface area contributed by atoms with Gasteiger partial charge in [0, 0.05) is 24.3 Å². The molecule has 37 heavy (non-hydrogen) atoms. The number of benzene rings is 1. The first-order valence-electron chi connectivity index (χ1n) is 12.6. The summed E-state index contributed by atoms with van der Waals surface area (Å²) in [6.07, 6.45) is 2.63. The topological polar surface area (TPSA) is 148 Å². The number of rotatable bonds is 3. The van der Waals surface area contributed by atoms with E-state index < -0.39 is 30.3 Å². The van der Waals surface area contributed by atoms with E-state index in [-0.39, 0.29) is 23.5 Å². The molecule has 204 valence electrons. The van der Waals surface area contributed by atoms with Crippen molar-refractivity contribution in [3.05, 3.63) is 47.1 Å². The van der Waals surface area contributed by atoms with E-state index in [1.54, 1.807) is 44.2 Å². The van der Waals surface area contributed by atoms with Crippen molar-refractivity contribution >= 4 is 24.0 Å². The van der Waals surface area contributed by atoms with E-state index in [0.717, 1.165) is 6.29 Å². The van der Waals surface area contributed by atoms with Gasteiger partial charge < -0.3 is 35.5 Å². The summed E-state index contributed by atoms with van der Waals surface area (Å²) in [5.41, 5.74) is 7.57. The molecule has 0 radical (unpaired) electrons. The highest BCUT2D eigenvalue weighted by atomic mass is 16.6. The fraction of sp³-hybridized carbons (Fsp3) is 0.536. The number of allylic oxidation sites excluding steroid dienone is 1. The molecule has 1 aromatic rings. The highest BCUT2D eigenvalue weighted by Gasteiger charge is 2.30. The average molecular weight is 517 g/mol. The number of aliphatic hydroxyl groups is 1. The molecule has 9 nitrogen and oxygen atoms in total. The molecule has 2 amide bonds. The predicted molar refractivity (Wildman–Crippen MR) is 141 cm³/mol. The number of hydrogen-bond donors (Lipinski definition) is 4. The number of carbonyl (C=O) groups excluding carboxylic acids is 3. The molecular formula is C28H40N2O7. The van der Waals surface area contributed by atoms with Crippen LogP contribution in [-0.4, -0.2) is 53.9 Å². The van der Waals surface area contributed by atoms with Crippen molar-refractivity contribution in [3.63, 3.8) is 0 Å². The molecule has 1 aliphatic heterocycles. The lowest BCUT2D eigenvalue weighted by Crippen LogP contribution is -2.36. The van der Waals surface area contributed by atoms with Crippen LogP contribution in [0.3, 0.4) is 0 Å². The molecular weight excluding hydrogens is 476 g/mol. The van der Waals surface area contributed by atoms with Gasteiger partial charge >= 0.3 is 6.09 Å². The Morgan fingerprint density at radius 2 is 1.95 bits per heavy atom. The number of aliphatic hydroxyl groups excluding tert-OH is 1. The quantitative estimate of drug-likeness (QED) is 0.271. The van der Waals surface area contributed by atoms with Gasteiger partial charge in [-0.15, -0.1) is 0 Å². The van der Waals surface area contributed by atoms with Crippen molar-refractivity contribution in [2.45, 2.75) is 71.7 Å². The molecule has 0 spiro atoms. The summed E-state index contributed by atoms with van der Waals surface area (Å²) < 4.78 is 10.9. The number of nitrogens with two attached hydrogens (primary N) is 1. The summed E-state index contributed by atoms with van der Waals surface area (Å²) in [6, 6.07) is 4.92. The van der Waals surface area contributed by atoms with Crippen molar-refractivity contribution in [1.29, 1.82) is 0 Å². The first-order valence-corrected chi connectivity index (χ1v) is 12.6. The first-order chi connectivity index (χ1) is 17.5. The number of ether oxygens (including phenoxy) is 2. The minimum atomic E-state index is -1.00. The molecule has 0 unspecified atom stereocenters. The minimum Gasteiger partial charge on any atom is -0.508 e. The van der Waals surface area contributed by atoms with Gasteiger partial charge in [0.25, 0.3) is 5.91 Å². The maximum atomic E-state index is 12.7. The van der Waals surface area contributed by atoms with E-state index in [1.807, 2.05) is 13.8 Å². The zero-order valence-corrected chi connectivity index (χ0v) is 22.3. The molecule has 0 saturated carbocycles. The Labute approximate surface area is 218 Å². The second-order valence-electron chi connectivity index (χ2n) is 10.00. The van der Waals surface area contributed by atoms with Gasteiger partial charge in [-0.1, -0.05) is 26.0 Å². The third kappa shape index (κ3) is 8.72. The number of aldehydes is 1. The maximum absolute atomic E-state index is 12.7. The normalized spacial score (nSPS) is 31.2. The summed E-state index contributed by atoms with van der Waals surface area (Å²) in [5, 5.41) is 24.3. The molecule has 5 N–H and O–H groups in total. The average Bonchev–Trinajstić information content (AvgIpc) is 2.84. The van der Waals surface area contributed by atoms with Crippen LogP contribution in [0.5, 0.6) is 5.75 Å². The number of amides is 2. The van der Waals surface area contributed by atoms with Gasteiger partial charge in [-0.3, -0.25) is 4.79 Å². The van der Waals surface area contributed by atoms with Crippen LogP contribution in [0.1, 0.15) is 52.5 Å². The highest BCUT2D eigenvalue weighted by molar-refractivity contribution is 6.03. The SMILES string of the molecule is CO[C@H]1C[C@H](C)Cc2cc(ccc2O)NC(=O)/C(C)=C/CC[C@H](C=O)[C@@H](OC(N)=O)/C(C)=C/[C@H](C)[C@H]1O. The second-order valence-corrected chi connectivity index (χ2v) is 10.00. The molecule has 0 saturated heterocycles. The number of hydrogen-bond acceptors (Lipinski definition) is 7. The van der Waals surface area contributed by atoms with Gasteiger partial charge in [0.1, 0.15) is 18.1 Å². The number of carbonyl (C=O) groups is 3. The molecule has 2 rings (SSSR count). The molecule has 2 bridgehead atoms. The number of methoxy groups -OCH3 is 1. The summed E-state index contributed by atoms with van der Waals surface area (Å²) in [6.45, 7) is 7.22. The van der Waals surface area contributed by atoms with E-state index in [1.165, 1.54) is 7.11 Å². The number of phenols is 1. The van der Waals surface area contributed by atoms with Gasteiger partial charge in [-0.2, -0.15) is 0 Å². The molecule has 9 heteroatoms. The molecule has 1 heterocycles. The van der Waals surface area contributed by atoms with Crippen molar-refractivity contribution in [2.24, 2.45) is 23.5 Å². The van der Waals surface area contributed by atoms with Crippen LogP contribution < -0.4 is 11.1 Å². The lowest BCUT2D eigenvalue weighted by Gasteiger charge is -2.29. The Balaban J connectivity index is 2.47. The van der Waals surface area contributed by atoms with E-state index in [4.69, 9.17) is 15.2 Å². The summed E-state index contributed by atoms with van der Waals surface area (Å²) in [5.74, 6) is -1.22. The van der Waals surface area contributed by atoms with Crippen LogP contribution in [0.4, 0.5) is 10.5 Å². The second kappa shape index (κ2) is 13.9.